The van der Waals surface area contributed by atoms with Crippen LogP contribution in [-0.4, -0.2) is 24.2 Å². The van der Waals surface area contributed by atoms with Gasteiger partial charge >= 0.3 is 11.8 Å². The minimum Gasteiger partial charge on any atom is -0.463 e. The van der Waals surface area contributed by atoms with Crippen molar-refractivity contribution in [2.75, 3.05) is 0 Å². The summed E-state index contributed by atoms with van der Waals surface area (Å²) in [7, 11) is 0. The number of carbonyl (C=O) groups excluding carboxylic acids is 2. The molecule has 2 N–H and O–H groups in total. The van der Waals surface area contributed by atoms with E-state index < -0.39 is 11.8 Å². The van der Waals surface area contributed by atoms with Crippen LogP contribution in [0.1, 0.15) is 32.6 Å². The Labute approximate surface area is 141 Å². The van der Waals surface area contributed by atoms with Crippen molar-refractivity contribution >= 4 is 24.2 Å². The molecular weight excluding hydrogens is 328 g/mol. The lowest BCUT2D eigenvalue weighted by Gasteiger charge is -1.96. The van der Waals surface area contributed by atoms with E-state index in [1.807, 2.05) is 0 Å². The standard InChI is InChI=1S/C16H12N4O5/c21-15(19-17-9-11-3-1-7-23-11)13-5-6-14(25-13)16(22)20-18-10-12-4-2-8-24-12/h1-10H,(H,19,21)(H,20,22)/b17-9-,18-10-. The van der Waals surface area contributed by atoms with Gasteiger partial charge in [0, 0.05) is 0 Å². The number of nitrogens with one attached hydrogen (secondary N) is 2. The first-order valence-corrected chi connectivity index (χ1v) is 7.06. The Kier molecular flexibility index (Phi) is 4.86. The Bertz CT molecular complexity index is 818. The first-order valence-electron chi connectivity index (χ1n) is 7.06. The van der Waals surface area contributed by atoms with Crippen molar-refractivity contribution in [3.05, 3.63) is 72.0 Å². The number of hydrogen-bond acceptors (Lipinski definition) is 7. The predicted octanol–water partition coefficient (Wildman–Crippen LogP) is 1.99. The molecule has 0 radical (unpaired) electrons. The Hall–Kier alpha value is -3.88. The zero-order valence-electron chi connectivity index (χ0n) is 12.7. The zero-order valence-corrected chi connectivity index (χ0v) is 12.7. The van der Waals surface area contributed by atoms with Gasteiger partial charge in [-0.2, -0.15) is 10.2 Å². The number of hydrazone groups is 2. The first kappa shape index (κ1) is 16.0. The molecule has 9 nitrogen and oxygen atoms in total. The van der Waals surface area contributed by atoms with Gasteiger partial charge in [-0.25, -0.2) is 10.9 Å². The predicted molar refractivity (Wildman–Crippen MR) is 86.2 cm³/mol. The van der Waals surface area contributed by atoms with Gasteiger partial charge in [0.2, 0.25) is 0 Å². The van der Waals surface area contributed by atoms with Crippen molar-refractivity contribution in [2.24, 2.45) is 10.2 Å². The normalized spacial score (nSPS) is 11.2. The molecule has 0 aliphatic rings. The Balaban J connectivity index is 1.54. The minimum absolute atomic E-state index is 0.0724. The van der Waals surface area contributed by atoms with Crippen LogP contribution in [0.25, 0.3) is 0 Å². The van der Waals surface area contributed by atoms with Gasteiger partial charge in [-0.05, 0) is 36.4 Å². The fourth-order valence-electron chi connectivity index (χ4n) is 1.73. The third kappa shape index (κ3) is 4.32. The summed E-state index contributed by atoms with van der Waals surface area (Å²) in [4.78, 5) is 23.7. The highest BCUT2D eigenvalue weighted by atomic mass is 16.4. The summed E-state index contributed by atoms with van der Waals surface area (Å²) in [6, 6.07) is 9.43. The third-order valence-corrected chi connectivity index (χ3v) is 2.86. The van der Waals surface area contributed by atoms with Gasteiger partial charge in [0.1, 0.15) is 11.5 Å². The SMILES string of the molecule is O=C(N/N=C\c1ccco1)c1ccc(C(=O)N/N=C\c2ccco2)o1. The smallest absolute Gasteiger partial charge is 0.307 e. The summed E-state index contributed by atoms with van der Waals surface area (Å²) < 4.78 is 15.2. The summed E-state index contributed by atoms with van der Waals surface area (Å²) in [6.45, 7) is 0. The molecule has 2 amide bonds. The highest BCUT2D eigenvalue weighted by molar-refractivity contribution is 5.96. The molecule has 0 spiro atoms. The molecule has 0 fully saturated rings. The molecule has 0 aliphatic heterocycles. The first-order chi connectivity index (χ1) is 12.2. The highest BCUT2D eigenvalue weighted by Crippen LogP contribution is 2.08. The summed E-state index contributed by atoms with van der Waals surface area (Å²) >= 11 is 0. The van der Waals surface area contributed by atoms with Crippen LogP contribution >= 0.6 is 0 Å². The van der Waals surface area contributed by atoms with E-state index >= 15 is 0 Å². The van der Waals surface area contributed by atoms with Crippen LogP contribution in [0.3, 0.4) is 0 Å². The Morgan fingerprint density at radius 2 is 1.28 bits per heavy atom. The van der Waals surface area contributed by atoms with Crippen molar-refractivity contribution in [2.45, 2.75) is 0 Å². The minimum atomic E-state index is -0.610. The van der Waals surface area contributed by atoms with Crippen LogP contribution in [-0.2, 0) is 0 Å². The van der Waals surface area contributed by atoms with E-state index in [1.165, 1.54) is 37.1 Å². The van der Waals surface area contributed by atoms with Gasteiger partial charge in [-0.1, -0.05) is 0 Å². The third-order valence-electron chi connectivity index (χ3n) is 2.86. The molecule has 0 bridgehead atoms. The van der Waals surface area contributed by atoms with Gasteiger partial charge in [0.25, 0.3) is 0 Å². The van der Waals surface area contributed by atoms with Crippen molar-refractivity contribution in [1.29, 1.82) is 0 Å². The monoisotopic (exact) mass is 340 g/mol. The summed E-state index contributed by atoms with van der Waals surface area (Å²) in [5.41, 5.74) is 4.51. The van der Waals surface area contributed by atoms with Crippen LogP contribution < -0.4 is 10.9 Å². The molecule has 126 valence electrons. The highest BCUT2D eigenvalue weighted by Gasteiger charge is 2.15. The van der Waals surface area contributed by atoms with Crippen molar-refractivity contribution in [3.8, 4) is 0 Å². The van der Waals surface area contributed by atoms with Crippen LogP contribution in [0.5, 0.6) is 0 Å². The van der Waals surface area contributed by atoms with Crippen LogP contribution in [0, 0.1) is 0 Å². The molecule has 0 unspecified atom stereocenters. The van der Waals surface area contributed by atoms with E-state index in [0.29, 0.717) is 11.5 Å². The Morgan fingerprint density at radius 1 is 0.800 bits per heavy atom. The van der Waals surface area contributed by atoms with Gasteiger partial charge in [-0.15, -0.1) is 0 Å². The van der Waals surface area contributed by atoms with E-state index in [4.69, 9.17) is 13.3 Å². The largest absolute Gasteiger partial charge is 0.463 e. The topological polar surface area (TPSA) is 122 Å². The van der Waals surface area contributed by atoms with E-state index in [0.717, 1.165) is 0 Å². The number of carbonyl (C=O) groups is 2. The van der Waals surface area contributed by atoms with Crippen LogP contribution in [0.4, 0.5) is 0 Å². The number of nitrogens with zero attached hydrogens (tertiary/aromatic N) is 2. The fraction of sp³-hybridized carbons (Fsp3) is 0. The maximum absolute atomic E-state index is 11.9. The number of hydrogen-bond donors (Lipinski definition) is 2. The van der Waals surface area contributed by atoms with Crippen LogP contribution in [0.2, 0.25) is 0 Å². The van der Waals surface area contributed by atoms with E-state index in [2.05, 4.69) is 21.1 Å². The molecular formula is C16H12N4O5. The molecule has 0 aromatic carbocycles. The average molecular weight is 340 g/mol. The molecule has 0 atom stereocenters. The molecule has 3 rings (SSSR count). The van der Waals surface area contributed by atoms with E-state index in [9.17, 15) is 9.59 Å². The van der Waals surface area contributed by atoms with Crippen LogP contribution in [0.15, 0.2) is 72.4 Å². The Morgan fingerprint density at radius 3 is 1.68 bits per heavy atom. The molecule has 0 saturated carbocycles. The van der Waals surface area contributed by atoms with E-state index in [1.54, 1.807) is 24.3 Å². The summed E-state index contributed by atoms with van der Waals surface area (Å²) in [5.74, 6) is -0.404. The molecule has 3 aromatic heterocycles. The van der Waals surface area contributed by atoms with Crippen molar-refractivity contribution < 1.29 is 22.8 Å². The zero-order chi connectivity index (χ0) is 17.5. The van der Waals surface area contributed by atoms with Crippen molar-refractivity contribution in [1.82, 2.24) is 10.9 Å². The second-order valence-corrected chi connectivity index (χ2v) is 4.59. The van der Waals surface area contributed by atoms with Gasteiger partial charge in [-0.3, -0.25) is 9.59 Å². The lowest BCUT2D eigenvalue weighted by molar-refractivity contribution is 0.0902. The summed E-state index contributed by atoms with van der Waals surface area (Å²) in [6.07, 6.45) is 5.62. The lowest BCUT2D eigenvalue weighted by Crippen LogP contribution is -2.18. The number of furan rings is 3. The fourth-order valence-corrected chi connectivity index (χ4v) is 1.73. The summed E-state index contributed by atoms with van der Waals surface area (Å²) in [5, 5.41) is 7.42. The molecule has 25 heavy (non-hydrogen) atoms. The quantitative estimate of drug-likeness (QED) is 0.525. The lowest BCUT2D eigenvalue weighted by atomic mass is 10.4. The van der Waals surface area contributed by atoms with Crippen molar-refractivity contribution in [3.63, 3.8) is 0 Å². The number of amides is 2. The maximum Gasteiger partial charge on any atom is 0.307 e. The van der Waals surface area contributed by atoms with Gasteiger partial charge < -0.3 is 13.3 Å². The number of rotatable bonds is 6. The molecule has 3 heterocycles. The average Bonchev–Trinajstić information content (AvgIpc) is 3.36. The van der Waals surface area contributed by atoms with E-state index in [-0.39, 0.29) is 11.5 Å². The second kappa shape index (κ2) is 7.59. The molecule has 0 aliphatic carbocycles. The van der Waals surface area contributed by atoms with Gasteiger partial charge in [0.15, 0.2) is 11.5 Å². The second-order valence-electron chi connectivity index (χ2n) is 4.59. The molecule has 3 aromatic rings. The van der Waals surface area contributed by atoms with Gasteiger partial charge in [0.05, 0.1) is 25.0 Å². The molecule has 0 saturated heterocycles. The molecule has 9 heteroatoms. The maximum atomic E-state index is 11.9.